The van der Waals surface area contributed by atoms with Crippen LogP contribution in [0.3, 0.4) is 0 Å². The van der Waals surface area contributed by atoms with E-state index in [0.717, 1.165) is 0 Å². The van der Waals surface area contributed by atoms with Gasteiger partial charge in [-0.3, -0.25) is 19.2 Å². The molecule has 0 aliphatic heterocycles. The first-order valence-electron chi connectivity index (χ1n) is 10.1. The van der Waals surface area contributed by atoms with Crippen molar-refractivity contribution in [3.05, 3.63) is 0 Å². The molecule has 0 radical (unpaired) electrons. The van der Waals surface area contributed by atoms with Crippen LogP contribution in [0.2, 0.25) is 0 Å². The van der Waals surface area contributed by atoms with Gasteiger partial charge in [-0.25, -0.2) is 4.79 Å². The number of amides is 4. The molecule has 0 aromatic carbocycles. The first-order valence-corrected chi connectivity index (χ1v) is 10.7. The number of aliphatic hydroxyl groups is 1. The van der Waals surface area contributed by atoms with Crippen molar-refractivity contribution in [2.75, 3.05) is 12.3 Å². The van der Waals surface area contributed by atoms with Gasteiger partial charge in [0.25, 0.3) is 0 Å². The fraction of sp³-hybridized carbons (Fsp3) is 0.722. The average Bonchev–Trinajstić information content (AvgIpc) is 2.72. The molecule has 0 heterocycles. The summed E-state index contributed by atoms with van der Waals surface area (Å²) in [5.41, 5.74) is 16.0. The number of carbonyl (C=O) groups excluding carboxylic acids is 4. The molecule has 14 heteroatoms. The molecular formula is C18H34N6O7S. The lowest BCUT2D eigenvalue weighted by atomic mass is 10.0. The smallest absolute Gasteiger partial charge is 0.326 e. The van der Waals surface area contributed by atoms with Gasteiger partial charge in [-0.05, 0) is 39.2 Å². The van der Waals surface area contributed by atoms with Crippen molar-refractivity contribution in [2.45, 2.75) is 69.3 Å². The van der Waals surface area contributed by atoms with Crippen LogP contribution in [0.5, 0.6) is 0 Å². The number of unbranched alkanes of at least 4 members (excludes halogenated alkanes) is 1. The number of primary amides is 1. The molecule has 0 aliphatic carbocycles. The zero-order valence-electron chi connectivity index (χ0n) is 18.0. The number of rotatable bonds is 16. The van der Waals surface area contributed by atoms with E-state index in [1.54, 1.807) is 0 Å². The summed E-state index contributed by atoms with van der Waals surface area (Å²) in [6.45, 7) is 1.61. The largest absolute Gasteiger partial charge is 0.480 e. The normalized spacial score (nSPS) is 15.5. The number of carboxylic acids is 1. The monoisotopic (exact) mass is 478 g/mol. The van der Waals surface area contributed by atoms with E-state index in [4.69, 9.17) is 17.2 Å². The molecule has 0 bridgehead atoms. The molecule has 32 heavy (non-hydrogen) atoms. The van der Waals surface area contributed by atoms with Crippen molar-refractivity contribution in [1.82, 2.24) is 16.0 Å². The van der Waals surface area contributed by atoms with E-state index in [9.17, 15) is 34.2 Å². The Bertz CT molecular complexity index is 664. The molecule has 0 aromatic heterocycles. The number of carbonyl (C=O) groups is 5. The number of aliphatic carboxylic acids is 1. The maximum Gasteiger partial charge on any atom is 0.326 e. The Morgan fingerprint density at radius 2 is 1.53 bits per heavy atom. The van der Waals surface area contributed by atoms with E-state index in [0.29, 0.717) is 19.4 Å². The molecular weight excluding hydrogens is 444 g/mol. The highest BCUT2D eigenvalue weighted by Crippen LogP contribution is 2.06. The van der Waals surface area contributed by atoms with E-state index < -0.39 is 59.9 Å². The lowest BCUT2D eigenvalue weighted by Gasteiger charge is -2.26. The van der Waals surface area contributed by atoms with Crippen LogP contribution in [0.25, 0.3) is 0 Å². The molecule has 0 aliphatic rings. The van der Waals surface area contributed by atoms with Gasteiger partial charge in [0.1, 0.15) is 18.1 Å². The SMILES string of the molecule is CC(O)C(NC(=O)C(N)CS)C(=O)NC(CCCCN)C(=O)NC(CCC(N)=O)C(=O)O. The first-order chi connectivity index (χ1) is 14.9. The first kappa shape index (κ1) is 29.6. The Morgan fingerprint density at radius 1 is 0.938 bits per heavy atom. The standard InChI is InChI=1S/C18H34N6O7S/c1-9(25)14(24-15(27)10(20)8-32)17(29)22-11(4-2-3-7-19)16(28)23-12(18(30)31)5-6-13(21)26/h9-12,14,25,32H,2-8,19-20H2,1H3,(H2,21,26)(H,22,29)(H,23,28)(H,24,27)(H,30,31). The summed E-state index contributed by atoms with van der Waals surface area (Å²) >= 11 is 3.90. The minimum Gasteiger partial charge on any atom is -0.480 e. The van der Waals surface area contributed by atoms with Gasteiger partial charge in [-0.1, -0.05) is 0 Å². The molecule has 11 N–H and O–H groups in total. The maximum atomic E-state index is 12.7. The lowest BCUT2D eigenvalue weighted by molar-refractivity contribution is -0.142. The Kier molecular flexibility index (Phi) is 14.2. The number of hydrogen-bond acceptors (Lipinski definition) is 9. The predicted molar refractivity (Wildman–Crippen MR) is 118 cm³/mol. The Labute approximate surface area is 191 Å². The average molecular weight is 479 g/mol. The third kappa shape index (κ3) is 11.3. The van der Waals surface area contributed by atoms with Crippen molar-refractivity contribution in [2.24, 2.45) is 17.2 Å². The summed E-state index contributed by atoms with van der Waals surface area (Å²) in [6.07, 6.45) is -0.716. The highest BCUT2D eigenvalue weighted by Gasteiger charge is 2.32. The van der Waals surface area contributed by atoms with Gasteiger partial charge in [0.15, 0.2) is 0 Å². The second-order valence-electron chi connectivity index (χ2n) is 7.27. The van der Waals surface area contributed by atoms with E-state index in [1.165, 1.54) is 6.92 Å². The van der Waals surface area contributed by atoms with Gasteiger partial charge >= 0.3 is 5.97 Å². The van der Waals surface area contributed by atoms with Crippen LogP contribution in [0.15, 0.2) is 0 Å². The van der Waals surface area contributed by atoms with Crippen LogP contribution < -0.4 is 33.2 Å². The van der Waals surface area contributed by atoms with Crippen LogP contribution in [0.4, 0.5) is 0 Å². The van der Waals surface area contributed by atoms with Crippen molar-refractivity contribution >= 4 is 42.2 Å². The van der Waals surface area contributed by atoms with Crippen LogP contribution in [0.1, 0.15) is 39.0 Å². The summed E-state index contributed by atoms with van der Waals surface area (Å²) in [4.78, 5) is 59.7. The molecule has 184 valence electrons. The number of aliphatic hydroxyl groups excluding tert-OH is 1. The third-order valence-electron chi connectivity index (χ3n) is 4.47. The zero-order valence-corrected chi connectivity index (χ0v) is 18.8. The summed E-state index contributed by atoms with van der Waals surface area (Å²) in [6, 6.07) is -5.01. The molecule has 4 amide bonds. The minimum absolute atomic E-state index is 0.00593. The summed E-state index contributed by atoms with van der Waals surface area (Å²) in [7, 11) is 0. The van der Waals surface area contributed by atoms with Crippen LogP contribution in [-0.2, 0) is 24.0 Å². The van der Waals surface area contributed by atoms with Crippen molar-refractivity contribution < 1.29 is 34.2 Å². The van der Waals surface area contributed by atoms with Crippen molar-refractivity contribution in [1.29, 1.82) is 0 Å². The topological polar surface area (TPSA) is 240 Å². The summed E-state index contributed by atoms with van der Waals surface area (Å²) < 4.78 is 0. The number of carboxylic acid groups (broad SMARTS) is 1. The minimum atomic E-state index is -1.41. The third-order valence-corrected chi connectivity index (χ3v) is 4.86. The van der Waals surface area contributed by atoms with Crippen molar-refractivity contribution in [3.63, 3.8) is 0 Å². The van der Waals surface area contributed by atoms with Gasteiger partial charge in [-0.2, -0.15) is 12.6 Å². The van der Waals surface area contributed by atoms with E-state index >= 15 is 0 Å². The molecule has 0 saturated carbocycles. The second kappa shape index (κ2) is 15.4. The lowest BCUT2D eigenvalue weighted by Crippen LogP contribution is -2.60. The molecule has 0 saturated heterocycles. The van der Waals surface area contributed by atoms with Crippen LogP contribution in [-0.4, -0.2) is 82.4 Å². The van der Waals surface area contributed by atoms with E-state index in [2.05, 4.69) is 28.6 Å². The van der Waals surface area contributed by atoms with Crippen LogP contribution >= 0.6 is 12.6 Å². The second-order valence-corrected chi connectivity index (χ2v) is 7.63. The molecule has 0 spiro atoms. The molecule has 5 atom stereocenters. The number of thiol groups is 1. The molecule has 13 nitrogen and oxygen atoms in total. The fourth-order valence-electron chi connectivity index (χ4n) is 2.59. The highest BCUT2D eigenvalue weighted by molar-refractivity contribution is 7.80. The van der Waals surface area contributed by atoms with Crippen LogP contribution in [0, 0.1) is 0 Å². The molecule has 5 unspecified atom stereocenters. The van der Waals surface area contributed by atoms with Gasteiger partial charge in [0.2, 0.25) is 23.6 Å². The van der Waals surface area contributed by atoms with E-state index in [1.807, 2.05) is 0 Å². The molecule has 0 fully saturated rings. The number of hydrogen-bond donors (Lipinski definition) is 9. The highest BCUT2D eigenvalue weighted by atomic mass is 32.1. The Balaban J connectivity index is 5.41. The zero-order chi connectivity index (χ0) is 24.8. The van der Waals surface area contributed by atoms with Crippen molar-refractivity contribution in [3.8, 4) is 0 Å². The predicted octanol–water partition coefficient (Wildman–Crippen LogP) is -3.44. The van der Waals surface area contributed by atoms with Gasteiger partial charge in [-0.15, -0.1) is 0 Å². The Hall–Kier alpha value is -2.42. The van der Waals surface area contributed by atoms with Gasteiger partial charge in [0.05, 0.1) is 12.1 Å². The van der Waals surface area contributed by atoms with Gasteiger partial charge < -0.3 is 43.4 Å². The summed E-state index contributed by atoms with van der Waals surface area (Å²) in [5, 5.41) is 26.2. The Morgan fingerprint density at radius 3 is 2.00 bits per heavy atom. The quantitative estimate of drug-likeness (QED) is 0.0790. The fourth-order valence-corrected chi connectivity index (χ4v) is 2.75. The van der Waals surface area contributed by atoms with E-state index in [-0.39, 0.29) is 25.0 Å². The number of nitrogens with two attached hydrogens (primary N) is 3. The van der Waals surface area contributed by atoms with Gasteiger partial charge in [0, 0.05) is 12.2 Å². The maximum absolute atomic E-state index is 12.7. The molecule has 0 aromatic rings. The summed E-state index contributed by atoms with van der Waals surface area (Å²) in [5.74, 6) is -4.49. The molecule has 0 rings (SSSR count). The number of nitrogens with one attached hydrogen (secondary N) is 3.